The Hall–Kier alpha value is -2.54. The summed E-state index contributed by atoms with van der Waals surface area (Å²) in [4.78, 5) is 12.1. The summed E-state index contributed by atoms with van der Waals surface area (Å²) in [5.74, 6) is 0. The maximum absolute atomic E-state index is 12.5. The number of nitrogens with zero attached hydrogens (tertiary/aromatic N) is 4. The van der Waals surface area contributed by atoms with Crippen molar-refractivity contribution in [1.29, 1.82) is 0 Å². The summed E-state index contributed by atoms with van der Waals surface area (Å²) in [7, 11) is -3.63. The smallest absolute Gasteiger partial charge is 0.225 e. The third-order valence-electron chi connectivity index (χ3n) is 3.17. The Kier molecular flexibility index (Phi) is 3.72. The van der Waals surface area contributed by atoms with E-state index >= 15 is 0 Å². The van der Waals surface area contributed by atoms with E-state index in [1.165, 1.54) is 12.4 Å². The monoisotopic (exact) mass is 314 g/mol. The van der Waals surface area contributed by atoms with Crippen molar-refractivity contribution in [2.45, 2.75) is 23.4 Å². The van der Waals surface area contributed by atoms with Gasteiger partial charge in [-0.3, -0.25) is 4.98 Å². The molecule has 22 heavy (non-hydrogen) atoms. The van der Waals surface area contributed by atoms with Crippen LogP contribution in [0.3, 0.4) is 0 Å². The first-order valence-corrected chi connectivity index (χ1v) is 8.12. The zero-order valence-electron chi connectivity index (χ0n) is 11.9. The van der Waals surface area contributed by atoms with E-state index in [1.54, 1.807) is 43.7 Å². The van der Waals surface area contributed by atoms with Crippen molar-refractivity contribution in [1.82, 2.24) is 19.5 Å². The van der Waals surface area contributed by atoms with Crippen LogP contribution < -0.4 is 0 Å². The molecule has 0 saturated carbocycles. The van der Waals surface area contributed by atoms with E-state index in [4.69, 9.17) is 0 Å². The fraction of sp³-hybridized carbons (Fsp3) is 0.133. The van der Waals surface area contributed by atoms with Crippen LogP contribution >= 0.6 is 0 Å². The Bertz CT molecular complexity index is 872. The average molecular weight is 314 g/mol. The Morgan fingerprint density at radius 2 is 1.86 bits per heavy atom. The summed E-state index contributed by atoms with van der Waals surface area (Å²) in [6, 6.07) is 6.75. The maximum Gasteiger partial charge on any atom is 0.225 e. The summed E-state index contributed by atoms with van der Waals surface area (Å²) in [5, 5.41) is -0.0325. The third kappa shape index (κ3) is 2.89. The van der Waals surface area contributed by atoms with E-state index in [2.05, 4.69) is 15.0 Å². The topological polar surface area (TPSA) is 77.7 Å². The SMILES string of the molecule is Cc1cncc(S(=O)(=O)c2ccc(Cn3ccnc3)cc2)n1. The first-order valence-electron chi connectivity index (χ1n) is 6.64. The van der Waals surface area contributed by atoms with Gasteiger partial charge in [-0.05, 0) is 24.6 Å². The lowest BCUT2D eigenvalue weighted by molar-refractivity contribution is 0.591. The molecule has 2 heterocycles. The van der Waals surface area contributed by atoms with E-state index < -0.39 is 9.84 Å². The van der Waals surface area contributed by atoms with Crippen LogP contribution in [0.4, 0.5) is 0 Å². The van der Waals surface area contributed by atoms with Gasteiger partial charge in [0, 0.05) is 25.1 Å². The maximum atomic E-state index is 12.5. The Morgan fingerprint density at radius 3 is 2.50 bits per heavy atom. The highest BCUT2D eigenvalue weighted by molar-refractivity contribution is 7.91. The minimum Gasteiger partial charge on any atom is -0.333 e. The zero-order valence-corrected chi connectivity index (χ0v) is 12.7. The summed E-state index contributed by atoms with van der Waals surface area (Å²) >= 11 is 0. The molecule has 0 unspecified atom stereocenters. The molecule has 0 aliphatic carbocycles. The molecular formula is C15H14N4O2S. The van der Waals surface area contributed by atoms with Crippen LogP contribution in [-0.4, -0.2) is 27.9 Å². The molecule has 3 rings (SSSR count). The van der Waals surface area contributed by atoms with E-state index in [9.17, 15) is 8.42 Å². The van der Waals surface area contributed by atoms with Gasteiger partial charge in [0.25, 0.3) is 0 Å². The molecule has 0 amide bonds. The van der Waals surface area contributed by atoms with Crippen LogP contribution in [0.1, 0.15) is 11.3 Å². The average Bonchev–Trinajstić information content (AvgIpc) is 3.01. The quantitative estimate of drug-likeness (QED) is 0.734. The van der Waals surface area contributed by atoms with Crippen molar-refractivity contribution in [2.24, 2.45) is 0 Å². The minimum absolute atomic E-state index is 0.0325. The summed E-state index contributed by atoms with van der Waals surface area (Å²) in [6.45, 7) is 2.35. The number of rotatable bonds is 4. The standard InChI is InChI=1S/C15H14N4O2S/c1-12-8-17-9-15(18-12)22(20,21)14-4-2-13(3-5-14)10-19-7-6-16-11-19/h2-9,11H,10H2,1H3. The van der Waals surface area contributed by atoms with Crippen LogP contribution in [0.2, 0.25) is 0 Å². The van der Waals surface area contributed by atoms with Crippen molar-refractivity contribution < 1.29 is 8.42 Å². The number of aryl methyl sites for hydroxylation is 1. The lowest BCUT2D eigenvalue weighted by Crippen LogP contribution is -2.06. The first kappa shape index (κ1) is 14.4. The normalized spacial score (nSPS) is 11.5. The number of hydrogen-bond donors (Lipinski definition) is 0. The second-order valence-electron chi connectivity index (χ2n) is 4.88. The molecule has 6 nitrogen and oxygen atoms in total. The van der Waals surface area contributed by atoms with E-state index in [0.29, 0.717) is 12.2 Å². The number of sulfone groups is 1. The van der Waals surface area contributed by atoms with Crippen LogP contribution in [0.25, 0.3) is 0 Å². The van der Waals surface area contributed by atoms with Crippen molar-refractivity contribution >= 4 is 9.84 Å². The van der Waals surface area contributed by atoms with Gasteiger partial charge >= 0.3 is 0 Å². The largest absolute Gasteiger partial charge is 0.333 e. The molecule has 0 spiro atoms. The van der Waals surface area contributed by atoms with Gasteiger partial charge < -0.3 is 4.57 Å². The Balaban J connectivity index is 1.89. The molecule has 0 aliphatic rings. The fourth-order valence-corrected chi connectivity index (χ4v) is 3.26. The van der Waals surface area contributed by atoms with Crippen LogP contribution in [-0.2, 0) is 16.4 Å². The lowest BCUT2D eigenvalue weighted by Gasteiger charge is -2.06. The number of hydrogen-bond acceptors (Lipinski definition) is 5. The molecule has 7 heteroatoms. The molecule has 112 valence electrons. The summed E-state index contributed by atoms with van der Waals surface area (Å²) < 4.78 is 26.9. The third-order valence-corrected chi connectivity index (χ3v) is 4.81. The highest BCUT2D eigenvalue weighted by Gasteiger charge is 2.19. The van der Waals surface area contributed by atoms with Crippen LogP contribution in [0, 0.1) is 6.92 Å². The summed E-state index contributed by atoms with van der Waals surface area (Å²) in [6.07, 6.45) is 8.06. The molecule has 0 N–H and O–H groups in total. The van der Waals surface area contributed by atoms with Crippen LogP contribution in [0.5, 0.6) is 0 Å². The predicted molar refractivity (Wildman–Crippen MR) is 80.0 cm³/mol. The fourth-order valence-electron chi connectivity index (χ4n) is 2.06. The summed E-state index contributed by atoms with van der Waals surface area (Å²) in [5.41, 5.74) is 1.56. The van der Waals surface area contributed by atoms with Crippen molar-refractivity contribution in [3.05, 3.63) is 66.6 Å². The van der Waals surface area contributed by atoms with Gasteiger partial charge in [0.1, 0.15) is 0 Å². The number of imidazole rings is 1. The second-order valence-corrected chi connectivity index (χ2v) is 6.78. The van der Waals surface area contributed by atoms with E-state index in [0.717, 1.165) is 5.56 Å². The molecule has 1 aromatic carbocycles. The molecule has 0 atom stereocenters. The van der Waals surface area contributed by atoms with Gasteiger partial charge in [-0.2, -0.15) is 0 Å². The molecule has 2 aromatic heterocycles. The van der Waals surface area contributed by atoms with Crippen molar-refractivity contribution in [3.8, 4) is 0 Å². The second kappa shape index (κ2) is 5.69. The lowest BCUT2D eigenvalue weighted by atomic mass is 10.2. The number of benzene rings is 1. The van der Waals surface area contributed by atoms with Crippen molar-refractivity contribution in [2.75, 3.05) is 0 Å². The van der Waals surface area contributed by atoms with Crippen molar-refractivity contribution in [3.63, 3.8) is 0 Å². The van der Waals surface area contributed by atoms with Gasteiger partial charge in [-0.15, -0.1) is 0 Å². The van der Waals surface area contributed by atoms with Gasteiger partial charge in [0.05, 0.1) is 23.1 Å². The Morgan fingerprint density at radius 1 is 1.09 bits per heavy atom. The van der Waals surface area contributed by atoms with Gasteiger partial charge in [0.15, 0.2) is 5.03 Å². The minimum atomic E-state index is -3.63. The van der Waals surface area contributed by atoms with Crippen LogP contribution in [0.15, 0.2) is 65.3 Å². The van der Waals surface area contributed by atoms with E-state index in [-0.39, 0.29) is 9.92 Å². The first-order chi connectivity index (χ1) is 10.6. The number of aromatic nitrogens is 4. The molecule has 3 aromatic rings. The van der Waals surface area contributed by atoms with Gasteiger partial charge in [-0.25, -0.2) is 18.4 Å². The molecule has 0 saturated heterocycles. The molecule has 0 fully saturated rings. The highest BCUT2D eigenvalue weighted by atomic mass is 32.2. The molecule has 0 aliphatic heterocycles. The molecular weight excluding hydrogens is 300 g/mol. The predicted octanol–water partition coefficient (Wildman–Crippen LogP) is 1.86. The molecule has 0 bridgehead atoms. The zero-order chi connectivity index (χ0) is 15.6. The Labute approximate surface area is 128 Å². The van der Waals surface area contributed by atoms with E-state index in [1.807, 2.05) is 10.8 Å². The van der Waals surface area contributed by atoms with Gasteiger partial charge in [-0.1, -0.05) is 12.1 Å². The molecule has 0 radical (unpaired) electrons. The van der Waals surface area contributed by atoms with Gasteiger partial charge in [0.2, 0.25) is 9.84 Å². The highest BCUT2D eigenvalue weighted by Crippen LogP contribution is 2.19.